The normalized spacial score (nSPS) is 23.4. The molecule has 1 saturated heterocycles. The van der Waals surface area contributed by atoms with Crippen LogP contribution in [0.5, 0.6) is 0 Å². The zero-order chi connectivity index (χ0) is 13.3. The SMILES string of the molecule is FC1(F)CN(c2cc(Cl)nc3ncnn23)CC12CC2. The van der Waals surface area contributed by atoms with Crippen LogP contribution in [0.2, 0.25) is 5.15 Å². The van der Waals surface area contributed by atoms with Gasteiger partial charge in [0.25, 0.3) is 11.7 Å². The first-order valence-corrected chi connectivity index (χ1v) is 6.38. The number of halogens is 3. The Morgan fingerprint density at radius 2 is 2.05 bits per heavy atom. The Kier molecular flexibility index (Phi) is 1.99. The summed E-state index contributed by atoms with van der Waals surface area (Å²) in [5, 5.41) is 4.25. The van der Waals surface area contributed by atoms with E-state index in [0.29, 0.717) is 31.0 Å². The van der Waals surface area contributed by atoms with E-state index in [-0.39, 0.29) is 11.7 Å². The van der Waals surface area contributed by atoms with Gasteiger partial charge < -0.3 is 4.90 Å². The minimum Gasteiger partial charge on any atom is -0.350 e. The maximum Gasteiger partial charge on any atom is 0.272 e. The fourth-order valence-electron chi connectivity index (χ4n) is 2.78. The van der Waals surface area contributed by atoms with Crippen LogP contribution in [-0.2, 0) is 0 Å². The highest BCUT2D eigenvalue weighted by atomic mass is 35.5. The number of alkyl halides is 2. The molecule has 2 aromatic rings. The van der Waals surface area contributed by atoms with E-state index in [2.05, 4.69) is 15.1 Å². The van der Waals surface area contributed by atoms with Crippen LogP contribution in [0, 0.1) is 5.41 Å². The summed E-state index contributed by atoms with van der Waals surface area (Å²) < 4.78 is 29.5. The smallest absolute Gasteiger partial charge is 0.272 e. The third kappa shape index (κ3) is 1.47. The largest absolute Gasteiger partial charge is 0.350 e. The molecule has 0 bridgehead atoms. The molecule has 2 aliphatic rings. The first kappa shape index (κ1) is 11.3. The van der Waals surface area contributed by atoms with Gasteiger partial charge in [-0.25, -0.2) is 8.78 Å². The molecule has 1 aliphatic heterocycles. The number of hydrogen-bond acceptors (Lipinski definition) is 4. The van der Waals surface area contributed by atoms with Crippen LogP contribution < -0.4 is 4.90 Å². The molecule has 1 aliphatic carbocycles. The standard InChI is InChI=1S/C11H10ClF2N5/c12-7-3-8(19-9(17-7)15-6-16-19)18-4-10(1-2-10)11(13,14)5-18/h3,6H,1-2,4-5H2. The van der Waals surface area contributed by atoms with E-state index in [1.54, 1.807) is 11.0 Å². The monoisotopic (exact) mass is 285 g/mol. The topological polar surface area (TPSA) is 46.3 Å². The Labute approximate surface area is 112 Å². The molecule has 2 fully saturated rings. The molecule has 3 heterocycles. The molecule has 0 radical (unpaired) electrons. The van der Waals surface area contributed by atoms with Crippen molar-refractivity contribution in [3.8, 4) is 0 Å². The predicted octanol–water partition coefficient (Wildman–Crippen LogP) is 2.01. The van der Waals surface area contributed by atoms with Gasteiger partial charge in [-0.2, -0.15) is 19.6 Å². The Bertz CT molecular complexity index is 660. The predicted molar refractivity (Wildman–Crippen MR) is 64.6 cm³/mol. The Morgan fingerprint density at radius 3 is 2.74 bits per heavy atom. The summed E-state index contributed by atoms with van der Waals surface area (Å²) in [7, 11) is 0. The molecule has 1 spiro atoms. The van der Waals surface area contributed by atoms with E-state index in [4.69, 9.17) is 11.6 Å². The number of nitrogens with zero attached hydrogens (tertiary/aromatic N) is 5. The molecule has 0 aromatic carbocycles. The molecule has 4 rings (SSSR count). The second-order valence-corrected chi connectivity index (χ2v) is 5.64. The highest BCUT2D eigenvalue weighted by molar-refractivity contribution is 6.29. The van der Waals surface area contributed by atoms with Gasteiger partial charge in [0.1, 0.15) is 17.3 Å². The van der Waals surface area contributed by atoms with Crippen molar-refractivity contribution in [3.05, 3.63) is 17.5 Å². The van der Waals surface area contributed by atoms with Crippen LogP contribution in [0.1, 0.15) is 12.8 Å². The number of rotatable bonds is 1. The molecule has 0 amide bonds. The summed E-state index contributed by atoms with van der Waals surface area (Å²) in [5.41, 5.74) is -0.852. The van der Waals surface area contributed by atoms with Crippen molar-refractivity contribution in [1.82, 2.24) is 19.6 Å². The summed E-state index contributed by atoms with van der Waals surface area (Å²) in [6.45, 7) is 0.0254. The first-order chi connectivity index (χ1) is 9.01. The van der Waals surface area contributed by atoms with Gasteiger partial charge in [-0.3, -0.25) is 0 Å². The molecule has 19 heavy (non-hydrogen) atoms. The Morgan fingerprint density at radius 1 is 1.26 bits per heavy atom. The van der Waals surface area contributed by atoms with E-state index in [1.807, 2.05) is 0 Å². The summed E-state index contributed by atoms with van der Waals surface area (Å²) in [4.78, 5) is 9.57. The zero-order valence-electron chi connectivity index (χ0n) is 9.85. The van der Waals surface area contributed by atoms with E-state index in [0.717, 1.165) is 0 Å². The van der Waals surface area contributed by atoms with Crippen LogP contribution in [0.25, 0.3) is 5.78 Å². The number of anilines is 1. The highest BCUT2D eigenvalue weighted by Crippen LogP contribution is 2.61. The van der Waals surface area contributed by atoms with E-state index < -0.39 is 11.3 Å². The van der Waals surface area contributed by atoms with Crippen LogP contribution in [0.15, 0.2) is 12.4 Å². The number of aromatic nitrogens is 4. The fourth-order valence-corrected chi connectivity index (χ4v) is 2.95. The van der Waals surface area contributed by atoms with Gasteiger partial charge in [-0.05, 0) is 12.8 Å². The molecule has 1 saturated carbocycles. The molecule has 100 valence electrons. The van der Waals surface area contributed by atoms with Gasteiger partial charge >= 0.3 is 0 Å². The molecule has 0 atom stereocenters. The molecule has 0 unspecified atom stereocenters. The van der Waals surface area contributed by atoms with Crippen LogP contribution >= 0.6 is 11.6 Å². The molecule has 2 aromatic heterocycles. The summed E-state index contributed by atoms with van der Waals surface area (Å²) in [6.07, 6.45) is 2.49. The van der Waals surface area contributed by atoms with Crippen molar-refractivity contribution in [3.63, 3.8) is 0 Å². The van der Waals surface area contributed by atoms with E-state index in [9.17, 15) is 8.78 Å². The van der Waals surface area contributed by atoms with Gasteiger partial charge in [0.05, 0.1) is 12.0 Å². The summed E-state index contributed by atoms with van der Waals surface area (Å²) in [5.74, 6) is -1.81. The van der Waals surface area contributed by atoms with Crippen LogP contribution in [0.4, 0.5) is 14.6 Å². The second-order valence-electron chi connectivity index (χ2n) is 5.25. The summed E-state index contributed by atoms with van der Waals surface area (Å²) in [6, 6.07) is 1.56. The lowest BCUT2D eigenvalue weighted by Gasteiger charge is -2.18. The van der Waals surface area contributed by atoms with E-state index >= 15 is 0 Å². The minimum absolute atomic E-state index is 0.232. The van der Waals surface area contributed by atoms with Crippen LogP contribution in [0.3, 0.4) is 0 Å². The quantitative estimate of drug-likeness (QED) is 0.752. The summed E-state index contributed by atoms with van der Waals surface area (Å²) >= 11 is 5.91. The van der Waals surface area contributed by atoms with Crippen LogP contribution in [-0.4, -0.2) is 38.6 Å². The van der Waals surface area contributed by atoms with Gasteiger partial charge in [0.2, 0.25) is 0 Å². The minimum atomic E-state index is -2.66. The van der Waals surface area contributed by atoms with Gasteiger partial charge in [-0.1, -0.05) is 11.6 Å². The van der Waals surface area contributed by atoms with Gasteiger partial charge in [0.15, 0.2) is 0 Å². The lowest BCUT2D eigenvalue weighted by molar-refractivity contribution is -0.0334. The third-order valence-electron chi connectivity index (χ3n) is 4.04. The molecule has 5 nitrogen and oxygen atoms in total. The lowest BCUT2D eigenvalue weighted by Crippen LogP contribution is -2.29. The average Bonchev–Trinajstić information content (AvgIpc) is 2.89. The van der Waals surface area contributed by atoms with Gasteiger partial charge in [-0.15, -0.1) is 0 Å². The molecular formula is C11H10ClF2N5. The second kappa shape index (κ2) is 3.33. The maximum absolute atomic E-state index is 14.0. The maximum atomic E-state index is 14.0. The molecule has 0 N–H and O–H groups in total. The van der Waals surface area contributed by atoms with Crippen molar-refractivity contribution in [2.45, 2.75) is 18.8 Å². The van der Waals surface area contributed by atoms with E-state index in [1.165, 1.54) is 10.8 Å². The third-order valence-corrected chi connectivity index (χ3v) is 4.23. The zero-order valence-corrected chi connectivity index (χ0v) is 10.6. The van der Waals surface area contributed by atoms with Crippen molar-refractivity contribution in [2.24, 2.45) is 5.41 Å². The average molecular weight is 286 g/mol. The number of fused-ring (bicyclic) bond motifs is 1. The lowest BCUT2D eigenvalue weighted by atomic mass is 10.0. The Hall–Kier alpha value is -1.50. The molecular weight excluding hydrogens is 276 g/mol. The first-order valence-electron chi connectivity index (χ1n) is 6.00. The fraction of sp³-hybridized carbons (Fsp3) is 0.545. The van der Waals surface area contributed by atoms with Crippen molar-refractivity contribution in [1.29, 1.82) is 0 Å². The Balaban J connectivity index is 1.81. The van der Waals surface area contributed by atoms with Crippen molar-refractivity contribution in [2.75, 3.05) is 18.0 Å². The van der Waals surface area contributed by atoms with Crippen molar-refractivity contribution < 1.29 is 8.78 Å². The van der Waals surface area contributed by atoms with Crippen molar-refractivity contribution >= 4 is 23.2 Å². The molecule has 8 heteroatoms. The van der Waals surface area contributed by atoms with Gasteiger partial charge in [0, 0.05) is 12.6 Å². The number of hydrogen-bond donors (Lipinski definition) is 0. The highest BCUT2D eigenvalue weighted by Gasteiger charge is 2.67.